The van der Waals surface area contributed by atoms with Crippen molar-refractivity contribution in [3.63, 3.8) is 0 Å². The number of allylic oxidation sites excluding steroid dienone is 1. The van der Waals surface area contributed by atoms with Crippen LogP contribution in [0, 0.1) is 11.3 Å². The second-order valence-corrected chi connectivity index (χ2v) is 7.53. The summed E-state index contributed by atoms with van der Waals surface area (Å²) in [5.74, 6) is -2.20. The zero-order chi connectivity index (χ0) is 16.4. The van der Waals surface area contributed by atoms with E-state index in [1.165, 1.54) is 0 Å². The molecule has 0 heterocycles. The fraction of sp³-hybridized carbons (Fsp3) is 0.750. The van der Waals surface area contributed by atoms with Gasteiger partial charge in [-0.3, -0.25) is 9.59 Å². The molecule has 20 heavy (non-hydrogen) atoms. The average Bonchev–Trinajstić information content (AvgIpc) is 2.10. The van der Waals surface area contributed by atoms with E-state index < -0.39 is 34.5 Å². The van der Waals surface area contributed by atoms with E-state index in [9.17, 15) is 9.59 Å². The Kier molecular flexibility index (Phi) is 5.59. The number of ether oxygens (including phenoxy) is 2. The molecule has 0 aromatic heterocycles. The summed E-state index contributed by atoms with van der Waals surface area (Å²) in [7, 11) is 0. The van der Waals surface area contributed by atoms with E-state index in [2.05, 4.69) is 6.58 Å². The third-order valence-corrected chi connectivity index (χ3v) is 2.56. The molecule has 0 saturated heterocycles. The maximum atomic E-state index is 12.3. The van der Waals surface area contributed by atoms with Gasteiger partial charge < -0.3 is 9.47 Å². The summed E-state index contributed by atoms with van der Waals surface area (Å²) in [4.78, 5) is 24.6. The van der Waals surface area contributed by atoms with Crippen molar-refractivity contribution in [2.45, 2.75) is 66.6 Å². The molecule has 0 aromatic carbocycles. The third kappa shape index (κ3) is 6.22. The minimum Gasteiger partial charge on any atom is -0.459 e. The minimum absolute atomic E-state index is 0.586. The van der Waals surface area contributed by atoms with Crippen molar-refractivity contribution in [2.75, 3.05) is 0 Å². The molecule has 0 rings (SSSR count). The molecule has 0 fully saturated rings. The van der Waals surface area contributed by atoms with E-state index >= 15 is 0 Å². The molecule has 0 spiro atoms. The van der Waals surface area contributed by atoms with Crippen molar-refractivity contribution >= 4 is 11.9 Å². The first kappa shape index (κ1) is 18.7. The number of carbonyl (C=O) groups excluding carboxylic acids is 2. The molecule has 0 aliphatic rings. The van der Waals surface area contributed by atoms with Crippen LogP contribution in [0.15, 0.2) is 12.7 Å². The van der Waals surface area contributed by atoms with Gasteiger partial charge in [0.25, 0.3) is 0 Å². The number of hydrogen-bond acceptors (Lipinski definition) is 4. The van der Waals surface area contributed by atoms with Gasteiger partial charge in [-0.2, -0.15) is 0 Å². The third-order valence-electron chi connectivity index (χ3n) is 2.56. The lowest BCUT2D eigenvalue weighted by Gasteiger charge is -2.32. The van der Waals surface area contributed by atoms with Crippen molar-refractivity contribution in [2.24, 2.45) is 11.3 Å². The maximum Gasteiger partial charge on any atom is 0.321 e. The van der Waals surface area contributed by atoms with Crippen LogP contribution in [0.1, 0.15) is 55.4 Å². The fourth-order valence-corrected chi connectivity index (χ4v) is 1.54. The van der Waals surface area contributed by atoms with Crippen molar-refractivity contribution < 1.29 is 19.1 Å². The van der Waals surface area contributed by atoms with Gasteiger partial charge in [-0.1, -0.05) is 19.9 Å². The van der Waals surface area contributed by atoms with Gasteiger partial charge >= 0.3 is 11.9 Å². The smallest absolute Gasteiger partial charge is 0.321 e. The molecule has 0 aromatic rings. The maximum absolute atomic E-state index is 12.3. The molecule has 4 nitrogen and oxygen atoms in total. The molecule has 0 unspecified atom stereocenters. The Hall–Kier alpha value is -1.32. The highest BCUT2D eigenvalue weighted by atomic mass is 16.6. The molecule has 0 amide bonds. The highest BCUT2D eigenvalue weighted by Crippen LogP contribution is 2.32. The largest absolute Gasteiger partial charge is 0.459 e. The van der Waals surface area contributed by atoms with E-state index in [4.69, 9.17) is 9.47 Å². The lowest BCUT2D eigenvalue weighted by Crippen LogP contribution is -2.43. The van der Waals surface area contributed by atoms with E-state index in [0.29, 0.717) is 0 Å². The Morgan fingerprint density at radius 2 is 1.15 bits per heavy atom. The minimum atomic E-state index is -1.03. The summed E-state index contributed by atoms with van der Waals surface area (Å²) < 4.78 is 10.7. The zero-order valence-corrected chi connectivity index (χ0v) is 14.0. The van der Waals surface area contributed by atoms with Crippen LogP contribution in [0.2, 0.25) is 0 Å². The summed E-state index contributed by atoms with van der Waals surface area (Å²) in [6.07, 6.45) is 1.57. The van der Waals surface area contributed by atoms with Crippen LogP contribution < -0.4 is 0 Å². The van der Waals surface area contributed by atoms with E-state index in [1.807, 2.05) is 0 Å². The van der Waals surface area contributed by atoms with Crippen LogP contribution in [0.5, 0.6) is 0 Å². The fourth-order valence-electron chi connectivity index (χ4n) is 1.54. The Morgan fingerprint density at radius 1 is 0.850 bits per heavy atom. The lowest BCUT2D eigenvalue weighted by atomic mass is 9.78. The Morgan fingerprint density at radius 3 is 1.35 bits per heavy atom. The second kappa shape index (κ2) is 5.98. The van der Waals surface area contributed by atoms with Gasteiger partial charge in [0.2, 0.25) is 0 Å². The Labute approximate surface area is 122 Å². The summed E-state index contributed by atoms with van der Waals surface area (Å²) in [5, 5.41) is 0. The van der Waals surface area contributed by atoms with Crippen molar-refractivity contribution in [3.8, 4) is 0 Å². The first-order valence-electron chi connectivity index (χ1n) is 6.79. The quantitative estimate of drug-likeness (QED) is 0.450. The van der Waals surface area contributed by atoms with Gasteiger partial charge in [0.15, 0.2) is 5.92 Å². The van der Waals surface area contributed by atoms with Crippen molar-refractivity contribution in [1.29, 1.82) is 0 Å². The number of esters is 2. The molecule has 0 atom stereocenters. The van der Waals surface area contributed by atoms with Gasteiger partial charge in [0.1, 0.15) is 11.2 Å². The summed E-state index contributed by atoms with van der Waals surface area (Å²) in [6, 6.07) is 0. The number of carbonyl (C=O) groups is 2. The predicted molar refractivity (Wildman–Crippen MR) is 79.2 cm³/mol. The Bertz CT molecular complexity index is 352. The van der Waals surface area contributed by atoms with Crippen LogP contribution in [0.25, 0.3) is 0 Å². The molecule has 116 valence electrons. The SMILES string of the molecule is C=CC(C)(C)C(C(=O)OC(C)(C)C)C(=O)OC(C)(C)C. The van der Waals surface area contributed by atoms with Gasteiger partial charge in [0, 0.05) is 5.41 Å². The van der Waals surface area contributed by atoms with Gasteiger partial charge in [0.05, 0.1) is 0 Å². The van der Waals surface area contributed by atoms with Crippen molar-refractivity contribution in [1.82, 2.24) is 0 Å². The first-order valence-corrected chi connectivity index (χ1v) is 6.79. The highest BCUT2D eigenvalue weighted by molar-refractivity contribution is 5.96. The number of rotatable bonds is 4. The average molecular weight is 284 g/mol. The van der Waals surface area contributed by atoms with E-state index in [1.54, 1.807) is 61.5 Å². The van der Waals surface area contributed by atoms with Gasteiger partial charge in [-0.05, 0) is 41.5 Å². The van der Waals surface area contributed by atoms with Crippen LogP contribution in [-0.2, 0) is 19.1 Å². The monoisotopic (exact) mass is 284 g/mol. The molecular formula is C16H28O4. The molecule has 0 radical (unpaired) electrons. The normalized spacial score (nSPS) is 13.1. The molecule has 0 N–H and O–H groups in total. The predicted octanol–water partition coefficient (Wildman–Crippen LogP) is 3.50. The van der Waals surface area contributed by atoms with E-state index in [-0.39, 0.29) is 0 Å². The Balaban J connectivity index is 5.36. The lowest BCUT2D eigenvalue weighted by molar-refractivity contribution is -0.178. The molecule has 0 bridgehead atoms. The summed E-state index contributed by atoms with van der Waals surface area (Å²) >= 11 is 0. The van der Waals surface area contributed by atoms with Crippen LogP contribution >= 0.6 is 0 Å². The van der Waals surface area contributed by atoms with Gasteiger partial charge in [-0.15, -0.1) is 6.58 Å². The van der Waals surface area contributed by atoms with Crippen LogP contribution in [-0.4, -0.2) is 23.1 Å². The summed E-state index contributed by atoms with van der Waals surface area (Å²) in [5.41, 5.74) is -2.06. The molecule has 0 aliphatic heterocycles. The topological polar surface area (TPSA) is 52.6 Å². The highest BCUT2D eigenvalue weighted by Gasteiger charge is 2.44. The first-order chi connectivity index (χ1) is 8.69. The standard InChI is InChI=1S/C16H28O4/c1-10-16(8,9)11(12(17)19-14(2,3)4)13(18)20-15(5,6)7/h10-11H,1H2,2-9H3. The van der Waals surface area contributed by atoms with Crippen molar-refractivity contribution in [3.05, 3.63) is 12.7 Å². The van der Waals surface area contributed by atoms with Crippen LogP contribution in [0.4, 0.5) is 0 Å². The zero-order valence-electron chi connectivity index (χ0n) is 14.0. The molecule has 0 aliphatic carbocycles. The molecule has 0 saturated carbocycles. The van der Waals surface area contributed by atoms with Crippen LogP contribution in [0.3, 0.4) is 0 Å². The number of hydrogen-bond donors (Lipinski definition) is 0. The van der Waals surface area contributed by atoms with E-state index in [0.717, 1.165) is 0 Å². The second-order valence-electron chi connectivity index (χ2n) is 7.53. The summed E-state index contributed by atoms with van der Waals surface area (Å²) in [6.45, 7) is 17.8. The molecule has 4 heteroatoms. The van der Waals surface area contributed by atoms with Gasteiger partial charge in [-0.25, -0.2) is 0 Å². The molecular weight excluding hydrogens is 256 g/mol.